The predicted molar refractivity (Wildman–Crippen MR) is 356 cm³/mol. The summed E-state index contributed by atoms with van der Waals surface area (Å²) in [5.74, 6) is -0.286. The first-order chi connectivity index (χ1) is 44.3. The Labute approximate surface area is 549 Å². The molecule has 0 spiro atoms. The van der Waals surface area contributed by atoms with E-state index in [4.69, 9.17) is 28.4 Å². The van der Waals surface area contributed by atoms with Crippen molar-refractivity contribution in [3.05, 3.63) is 36.5 Å². The number of aliphatic hydroxyl groups is 11. The molecule has 0 saturated carbocycles. The standard InChI is InChI=1S/C72H133NO18/c1-3-5-7-9-11-13-15-17-18-19-20-21-22-23-24-25-26-27-28-29-30-31-32-33-34-35-36-37-38-40-42-44-46-48-50-60(78)73-55(56(77)49-47-45-43-41-39-16-14-12-10-8-6-4-2)54-86-70-66(84)63(81)68(58(52-75)88-70)91-72-67(85)64(82)69(59(53-76)89-72)90-71-65(83)62(80)61(79)57(51-74)87-71/h10,12,39,41,47,49,55-59,61-72,74-77,79-85H,3-9,11,13-38,40,42-46,48,50-54H2,1-2H3,(H,73,78)/b12-10+,41-39+,49-47+. The zero-order valence-electron chi connectivity index (χ0n) is 56.6. The SMILES string of the molecule is CCCC/C=C/CC/C=C/CC/C=C/C(O)C(COC1OC(CO)C(OC2OC(CO)C(OC3OC(CO)C(O)C(O)C3O)C(O)C2O)C(O)C1O)NC(=O)CCCCCCCCCCCCCCCCCCCCCCCCCCCCCCCCCCCC. The lowest BCUT2D eigenvalue weighted by Crippen LogP contribution is -2.66. The zero-order chi connectivity index (χ0) is 66.1. The fourth-order valence-corrected chi connectivity index (χ4v) is 12.4. The van der Waals surface area contributed by atoms with Gasteiger partial charge in [0, 0.05) is 6.42 Å². The highest BCUT2D eigenvalue weighted by Crippen LogP contribution is 2.33. The molecule has 3 rings (SSSR count). The number of hydrogen-bond acceptors (Lipinski definition) is 18. The lowest BCUT2D eigenvalue weighted by atomic mass is 9.96. The number of carbonyl (C=O) groups excluding carboxylic acids is 1. The summed E-state index contributed by atoms with van der Waals surface area (Å²) < 4.78 is 34.3. The number of hydrogen-bond donors (Lipinski definition) is 12. The number of unbranched alkanes of at least 4 members (excludes halogenated alkanes) is 37. The fraction of sp³-hybridized carbons (Fsp3) is 0.903. The minimum absolute atomic E-state index is 0.236. The van der Waals surface area contributed by atoms with Crippen LogP contribution in [0.25, 0.3) is 0 Å². The van der Waals surface area contributed by atoms with Crippen LogP contribution in [0.5, 0.6) is 0 Å². The van der Waals surface area contributed by atoms with Gasteiger partial charge in [-0.15, -0.1) is 0 Å². The molecule has 19 heteroatoms. The van der Waals surface area contributed by atoms with Crippen LogP contribution in [0, 0.1) is 0 Å². The van der Waals surface area contributed by atoms with Crippen LogP contribution < -0.4 is 5.32 Å². The van der Waals surface area contributed by atoms with Crippen LogP contribution in [0.2, 0.25) is 0 Å². The van der Waals surface area contributed by atoms with Crippen LogP contribution in [-0.4, -0.2) is 193 Å². The summed E-state index contributed by atoms with van der Waals surface area (Å²) in [5.41, 5.74) is 0. The van der Waals surface area contributed by atoms with Crippen LogP contribution in [0.15, 0.2) is 36.5 Å². The molecule has 17 unspecified atom stereocenters. The Hall–Kier alpha value is -1.99. The van der Waals surface area contributed by atoms with Gasteiger partial charge in [-0.25, -0.2) is 0 Å². The average Bonchev–Trinajstić information content (AvgIpc) is 0.872. The van der Waals surface area contributed by atoms with Gasteiger partial charge in [-0.2, -0.15) is 0 Å². The summed E-state index contributed by atoms with van der Waals surface area (Å²) in [6.07, 6.45) is 37.5. The van der Waals surface area contributed by atoms with E-state index in [1.54, 1.807) is 6.08 Å². The maximum absolute atomic E-state index is 13.4. The summed E-state index contributed by atoms with van der Waals surface area (Å²) in [4.78, 5) is 13.4. The van der Waals surface area contributed by atoms with Gasteiger partial charge in [0.2, 0.25) is 5.91 Å². The minimum atomic E-state index is -1.98. The second-order valence-corrected chi connectivity index (χ2v) is 26.4. The molecule has 0 aromatic rings. The third kappa shape index (κ3) is 35.7. The second kappa shape index (κ2) is 54.1. The van der Waals surface area contributed by atoms with Crippen LogP contribution in [0.3, 0.4) is 0 Å². The van der Waals surface area contributed by atoms with Crippen LogP contribution in [0.1, 0.15) is 284 Å². The summed E-state index contributed by atoms with van der Waals surface area (Å²) in [7, 11) is 0. The van der Waals surface area contributed by atoms with Gasteiger partial charge in [-0.3, -0.25) is 4.79 Å². The highest BCUT2D eigenvalue weighted by Gasteiger charge is 2.53. The summed E-state index contributed by atoms with van der Waals surface area (Å²) >= 11 is 0. The summed E-state index contributed by atoms with van der Waals surface area (Å²) in [6.45, 7) is 1.67. The van der Waals surface area contributed by atoms with E-state index < -0.39 is 124 Å². The number of ether oxygens (including phenoxy) is 6. The Balaban J connectivity index is 1.32. The number of rotatable bonds is 57. The van der Waals surface area contributed by atoms with Gasteiger partial charge in [-0.1, -0.05) is 275 Å². The molecule has 1 amide bonds. The summed E-state index contributed by atoms with van der Waals surface area (Å²) in [5, 5.41) is 120. The molecule has 17 atom stereocenters. The Kier molecular flexibility index (Phi) is 49.5. The van der Waals surface area contributed by atoms with E-state index in [0.717, 1.165) is 44.9 Å². The Morgan fingerprint density at radius 2 is 0.703 bits per heavy atom. The monoisotopic (exact) mass is 1300 g/mol. The lowest BCUT2D eigenvalue weighted by molar-refractivity contribution is -0.379. The smallest absolute Gasteiger partial charge is 0.220 e. The number of nitrogens with one attached hydrogen (secondary N) is 1. The first kappa shape index (κ1) is 83.2. The third-order valence-electron chi connectivity index (χ3n) is 18.4. The van der Waals surface area contributed by atoms with E-state index in [1.165, 1.54) is 205 Å². The van der Waals surface area contributed by atoms with E-state index in [0.29, 0.717) is 12.8 Å². The van der Waals surface area contributed by atoms with Crippen LogP contribution in [0.4, 0.5) is 0 Å². The second-order valence-electron chi connectivity index (χ2n) is 26.4. The molecule has 3 aliphatic rings. The first-order valence-electron chi connectivity index (χ1n) is 36.7. The molecule has 0 aromatic carbocycles. The van der Waals surface area contributed by atoms with E-state index in [-0.39, 0.29) is 18.9 Å². The molecule has 0 radical (unpaired) electrons. The Morgan fingerprint density at radius 1 is 0.385 bits per heavy atom. The molecular formula is C72H133NO18. The molecule has 3 fully saturated rings. The van der Waals surface area contributed by atoms with Crippen LogP contribution in [-0.2, 0) is 33.2 Å². The maximum Gasteiger partial charge on any atom is 0.220 e. The van der Waals surface area contributed by atoms with E-state index in [1.807, 2.05) is 6.08 Å². The van der Waals surface area contributed by atoms with Crippen LogP contribution >= 0.6 is 0 Å². The molecule has 3 heterocycles. The molecule has 0 aromatic heterocycles. The van der Waals surface area contributed by atoms with Crippen molar-refractivity contribution in [2.75, 3.05) is 26.4 Å². The van der Waals surface area contributed by atoms with Gasteiger partial charge >= 0.3 is 0 Å². The number of allylic oxidation sites excluding steroid dienone is 5. The van der Waals surface area contributed by atoms with Gasteiger partial charge in [0.1, 0.15) is 73.2 Å². The predicted octanol–water partition coefficient (Wildman–Crippen LogP) is 10.4. The number of aliphatic hydroxyl groups excluding tert-OH is 11. The normalized spacial score (nSPS) is 28.0. The maximum atomic E-state index is 13.4. The summed E-state index contributed by atoms with van der Waals surface area (Å²) in [6, 6.07) is -0.993. The van der Waals surface area contributed by atoms with Crippen molar-refractivity contribution in [2.24, 2.45) is 0 Å². The van der Waals surface area contributed by atoms with Crippen molar-refractivity contribution in [3.8, 4) is 0 Å². The molecule has 12 N–H and O–H groups in total. The van der Waals surface area contributed by atoms with Gasteiger partial charge in [0.05, 0.1) is 38.6 Å². The van der Waals surface area contributed by atoms with Gasteiger partial charge in [0.25, 0.3) is 0 Å². The average molecular weight is 1300 g/mol. The molecule has 0 aliphatic carbocycles. The van der Waals surface area contributed by atoms with Gasteiger partial charge in [-0.05, 0) is 38.5 Å². The molecule has 91 heavy (non-hydrogen) atoms. The minimum Gasteiger partial charge on any atom is -0.394 e. The van der Waals surface area contributed by atoms with Gasteiger partial charge < -0.3 is 89.9 Å². The lowest BCUT2D eigenvalue weighted by Gasteiger charge is -2.48. The Morgan fingerprint density at radius 3 is 1.09 bits per heavy atom. The molecule has 3 aliphatic heterocycles. The fourth-order valence-electron chi connectivity index (χ4n) is 12.4. The molecule has 19 nitrogen and oxygen atoms in total. The van der Waals surface area contributed by atoms with Crippen molar-refractivity contribution >= 4 is 5.91 Å². The van der Waals surface area contributed by atoms with E-state index in [9.17, 15) is 61.0 Å². The quantitative estimate of drug-likeness (QED) is 0.0199. The number of carbonyl (C=O) groups is 1. The first-order valence-corrected chi connectivity index (χ1v) is 36.7. The zero-order valence-corrected chi connectivity index (χ0v) is 56.6. The highest BCUT2D eigenvalue weighted by molar-refractivity contribution is 5.76. The van der Waals surface area contributed by atoms with Gasteiger partial charge in [0.15, 0.2) is 18.9 Å². The molecule has 3 saturated heterocycles. The van der Waals surface area contributed by atoms with E-state index >= 15 is 0 Å². The van der Waals surface area contributed by atoms with Crippen molar-refractivity contribution in [1.29, 1.82) is 0 Å². The van der Waals surface area contributed by atoms with Crippen molar-refractivity contribution in [3.63, 3.8) is 0 Å². The highest BCUT2D eigenvalue weighted by atomic mass is 16.8. The topological polar surface area (TPSA) is 307 Å². The number of amides is 1. The largest absolute Gasteiger partial charge is 0.394 e. The Bertz CT molecular complexity index is 1790. The third-order valence-corrected chi connectivity index (χ3v) is 18.4. The molecule has 0 bridgehead atoms. The van der Waals surface area contributed by atoms with Crippen molar-refractivity contribution in [2.45, 2.75) is 388 Å². The molecular weight excluding hydrogens is 1170 g/mol. The van der Waals surface area contributed by atoms with E-state index in [2.05, 4.69) is 43.5 Å². The van der Waals surface area contributed by atoms with Crippen molar-refractivity contribution in [1.82, 2.24) is 5.32 Å². The molecule has 534 valence electrons. The van der Waals surface area contributed by atoms with Crippen molar-refractivity contribution < 1.29 is 89.4 Å².